The first-order valence-corrected chi connectivity index (χ1v) is 12.7. The van der Waals surface area contributed by atoms with Crippen LogP contribution < -0.4 is 21.9 Å². The summed E-state index contributed by atoms with van der Waals surface area (Å²) >= 11 is 0. The highest BCUT2D eigenvalue weighted by Crippen LogP contribution is 2.16. The molecular formula is C28H36N4O4. The molecule has 192 valence electrons. The van der Waals surface area contributed by atoms with Gasteiger partial charge in [0.1, 0.15) is 6.54 Å². The van der Waals surface area contributed by atoms with Gasteiger partial charge in [-0.15, -0.1) is 0 Å². The largest absolute Gasteiger partial charge is 0.356 e. The highest BCUT2D eigenvalue weighted by molar-refractivity contribution is 5.92. The van der Waals surface area contributed by atoms with E-state index in [0.717, 1.165) is 18.4 Å². The lowest BCUT2D eigenvalue weighted by Crippen LogP contribution is -2.41. The summed E-state index contributed by atoms with van der Waals surface area (Å²) in [6.07, 6.45) is 3.09. The first-order chi connectivity index (χ1) is 17.3. The zero-order chi connectivity index (χ0) is 26.1. The maximum absolute atomic E-state index is 13.3. The molecule has 0 bridgehead atoms. The van der Waals surface area contributed by atoms with Gasteiger partial charge in [0.15, 0.2) is 0 Å². The van der Waals surface area contributed by atoms with Crippen molar-refractivity contribution < 1.29 is 9.59 Å². The zero-order valence-electron chi connectivity index (χ0n) is 21.4. The third kappa shape index (κ3) is 6.93. The van der Waals surface area contributed by atoms with Crippen LogP contribution in [-0.4, -0.2) is 27.5 Å². The number of benzene rings is 2. The van der Waals surface area contributed by atoms with E-state index in [4.69, 9.17) is 0 Å². The Morgan fingerprint density at radius 1 is 0.917 bits per heavy atom. The number of para-hydroxylation sites is 2. The molecule has 0 aliphatic carbocycles. The Bertz CT molecular complexity index is 1320. The molecule has 0 spiro atoms. The van der Waals surface area contributed by atoms with Gasteiger partial charge in [-0.3, -0.25) is 23.5 Å². The number of anilines is 1. The summed E-state index contributed by atoms with van der Waals surface area (Å²) in [5.41, 5.74) is 1.22. The fraction of sp³-hybridized carbons (Fsp3) is 0.429. The molecule has 3 aromatic rings. The Hall–Kier alpha value is -3.68. The third-order valence-corrected chi connectivity index (χ3v) is 6.19. The molecule has 2 aromatic carbocycles. The van der Waals surface area contributed by atoms with E-state index in [1.165, 1.54) is 9.13 Å². The Morgan fingerprint density at radius 3 is 2.39 bits per heavy atom. The Balaban J connectivity index is 1.75. The number of unbranched alkanes of at least 4 members (excludes halogenated alkanes) is 1. The summed E-state index contributed by atoms with van der Waals surface area (Å²) in [6.45, 7) is 6.84. The van der Waals surface area contributed by atoms with Crippen molar-refractivity contribution in [2.75, 3.05) is 11.9 Å². The van der Waals surface area contributed by atoms with Crippen LogP contribution in [0, 0.1) is 5.92 Å². The van der Waals surface area contributed by atoms with Crippen LogP contribution in [0.2, 0.25) is 0 Å². The van der Waals surface area contributed by atoms with Crippen LogP contribution in [0.3, 0.4) is 0 Å². The summed E-state index contributed by atoms with van der Waals surface area (Å²) in [6, 6.07) is 14.4. The molecule has 0 aliphatic rings. The van der Waals surface area contributed by atoms with Gasteiger partial charge >= 0.3 is 5.69 Å². The van der Waals surface area contributed by atoms with Gasteiger partial charge in [-0.1, -0.05) is 51.1 Å². The number of aromatic nitrogens is 2. The van der Waals surface area contributed by atoms with Crippen molar-refractivity contribution in [2.45, 2.75) is 66.0 Å². The van der Waals surface area contributed by atoms with E-state index >= 15 is 0 Å². The molecule has 36 heavy (non-hydrogen) atoms. The molecule has 0 atom stereocenters. The summed E-state index contributed by atoms with van der Waals surface area (Å²) in [5.74, 6) is 0.157. The Kier molecular flexibility index (Phi) is 9.61. The van der Waals surface area contributed by atoms with Crippen molar-refractivity contribution in [3.05, 3.63) is 74.9 Å². The van der Waals surface area contributed by atoms with Crippen LogP contribution >= 0.6 is 0 Å². The summed E-state index contributed by atoms with van der Waals surface area (Å²) in [7, 11) is 0. The first kappa shape index (κ1) is 26.9. The Morgan fingerprint density at radius 2 is 1.64 bits per heavy atom. The standard InChI is InChI=1S/C28H36N4O4/c1-4-21-11-5-7-13-23(21)30-26(34)19-32-24-14-8-6-12-22(24)27(35)31(28(32)36)18-10-9-15-25(33)29-17-16-20(2)3/h5-8,11-14,20H,4,9-10,15-19H2,1-3H3,(H,29,33)(H,30,34). The van der Waals surface area contributed by atoms with Crippen molar-refractivity contribution in [3.8, 4) is 0 Å². The molecule has 0 radical (unpaired) electrons. The van der Waals surface area contributed by atoms with E-state index in [0.29, 0.717) is 48.3 Å². The van der Waals surface area contributed by atoms with Crippen LogP contribution in [0.25, 0.3) is 10.9 Å². The molecule has 8 nitrogen and oxygen atoms in total. The molecule has 0 saturated carbocycles. The van der Waals surface area contributed by atoms with Gasteiger partial charge in [-0.05, 0) is 55.4 Å². The predicted molar refractivity (Wildman–Crippen MR) is 143 cm³/mol. The minimum Gasteiger partial charge on any atom is -0.356 e. The van der Waals surface area contributed by atoms with Crippen LogP contribution in [0.5, 0.6) is 0 Å². The number of aryl methyl sites for hydroxylation is 1. The normalized spacial score (nSPS) is 11.1. The number of amides is 2. The average Bonchev–Trinajstić information content (AvgIpc) is 2.86. The molecule has 2 amide bonds. The maximum atomic E-state index is 13.3. The van der Waals surface area contributed by atoms with E-state index in [1.807, 2.05) is 31.2 Å². The average molecular weight is 493 g/mol. The number of carbonyl (C=O) groups is 2. The SMILES string of the molecule is CCc1ccccc1NC(=O)Cn1c(=O)n(CCCCC(=O)NCCC(C)C)c(=O)c2ccccc21. The molecule has 1 heterocycles. The van der Waals surface area contributed by atoms with Crippen molar-refractivity contribution in [3.63, 3.8) is 0 Å². The first-order valence-electron chi connectivity index (χ1n) is 12.7. The second-order valence-corrected chi connectivity index (χ2v) is 9.39. The number of rotatable bonds is 12. The second-order valence-electron chi connectivity index (χ2n) is 9.39. The minimum absolute atomic E-state index is 0.0250. The van der Waals surface area contributed by atoms with E-state index < -0.39 is 5.69 Å². The third-order valence-electron chi connectivity index (χ3n) is 6.19. The number of nitrogens with one attached hydrogen (secondary N) is 2. The van der Waals surface area contributed by atoms with Gasteiger partial charge in [-0.2, -0.15) is 0 Å². The van der Waals surface area contributed by atoms with Gasteiger partial charge in [0.25, 0.3) is 5.56 Å². The molecule has 0 aliphatic heterocycles. The van der Waals surface area contributed by atoms with E-state index in [-0.39, 0.29) is 30.5 Å². The lowest BCUT2D eigenvalue weighted by molar-refractivity contribution is -0.121. The van der Waals surface area contributed by atoms with Crippen molar-refractivity contribution >= 4 is 28.4 Å². The lowest BCUT2D eigenvalue weighted by atomic mass is 10.1. The number of nitrogens with zero attached hydrogens (tertiary/aromatic N) is 2. The number of hydrogen-bond donors (Lipinski definition) is 2. The van der Waals surface area contributed by atoms with Gasteiger partial charge in [0.2, 0.25) is 11.8 Å². The summed E-state index contributed by atoms with van der Waals surface area (Å²) < 4.78 is 2.52. The van der Waals surface area contributed by atoms with E-state index in [9.17, 15) is 19.2 Å². The van der Waals surface area contributed by atoms with Crippen LogP contribution in [-0.2, 0) is 29.1 Å². The fourth-order valence-corrected chi connectivity index (χ4v) is 4.15. The highest BCUT2D eigenvalue weighted by atomic mass is 16.2. The summed E-state index contributed by atoms with van der Waals surface area (Å²) in [5, 5.41) is 6.17. The van der Waals surface area contributed by atoms with Gasteiger partial charge in [-0.25, -0.2) is 4.79 Å². The zero-order valence-corrected chi connectivity index (χ0v) is 21.4. The van der Waals surface area contributed by atoms with Crippen LogP contribution in [0.1, 0.15) is 52.0 Å². The number of hydrogen-bond acceptors (Lipinski definition) is 4. The molecular weight excluding hydrogens is 456 g/mol. The Labute approximate surface area is 211 Å². The molecule has 2 N–H and O–H groups in total. The highest BCUT2D eigenvalue weighted by Gasteiger charge is 2.16. The molecule has 8 heteroatoms. The van der Waals surface area contributed by atoms with Crippen molar-refractivity contribution in [1.82, 2.24) is 14.5 Å². The number of carbonyl (C=O) groups excluding carboxylic acids is 2. The summed E-state index contributed by atoms with van der Waals surface area (Å²) in [4.78, 5) is 51.3. The molecule has 1 aromatic heterocycles. The van der Waals surface area contributed by atoms with Crippen LogP contribution in [0.4, 0.5) is 5.69 Å². The van der Waals surface area contributed by atoms with Gasteiger partial charge in [0.05, 0.1) is 10.9 Å². The van der Waals surface area contributed by atoms with E-state index in [2.05, 4.69) is 24.5 Å². The lowest BCUT2D eigenvalue weighted by Gasteiger charge is -2.15. The van der Waals surface area contributed by atoms with Crippen molar-refractivity contribution in [2.24, 2.45) is 5.92 Å². The minimum atomic E-state index is -0.529. The predicted octanol–water partition coefficient (Wildman–Crippen LogP) is 3.70. The topological polar surface area (TPSA) is 102 Å². The molecule has 0 fully saturated rings. The van der Waals surface area contributed by atoms with Gasteiger partial charge in [0, 0.05) is 25.2 Å². The smallest absolute Gasteiger partial charge is 0.331 e. The fourth-order valence-electron chi connectivity index (χ4n) is 4.15. The van der Waals surface area contributed by atoms with E-state index in [1.54, 1.807) is 24.3 Å². The maximum Gasteiger partial charge on any atom is 0.331 e. The number of fused-ring (bicyclic) bond motifs is 1. The molecule has 0 unspecified atom stereocenters. The monoisotopic (exact) mass is 492 g/mol. The molecule has 3 rings (SSSR count). The quantitative estimate of drug-likeness (QED) is 0.376. The van der Waals surface area contributed by atoms with Crippen molar-refractivity contribution in [1.29, 1.82) is 0 Å². The second kappa shape index (κ2) is 12.9. The van der Waals surface area contributed by atoms with Gasteiger partial charge < -0.3 is 10.6 Å². The van der Waals surface area contributed by atoms with Crippen LogP contribution in [0.15, 0.2) is 58.1 Å². The molecule has 0 saturated heterocycles.